The van der Waals surface area contributed by atoms with Crippen LogP contribution in [0.3, 0.4) is 0 Å². The number of fused-ring (bicyclic) bond motifs is 1. The first-order chi connectivity index (χ1) is 16.6. The second-order valence-electron chi connectivity index (χ2n) is 9.70. The molecule has 4 rings (SSSR count). The lowest BCUT2D eigenvalue weighted by Crippen LogP contribution is -2.40. The number of carbonyl (C=O) groups is 2. The Hall–Kier alpha value is -2.73. The lowest BCUT2D eigenvalue weighted by atomic mass is 9.88. The van der Waals surface area contributed by atoms with Gasteiger partial charge in [0.05, 0.1) is 5.69 Å². The van der Waals surface area contributed by atoms with Gasteiger partial charge in [0.2, 0.25) is 11.8 Å². The summed E-state index contributed by atoms with van der Waals surface area (Å²) in [6.45, 7) is 6.19. The first-order valence-corrected chi connectivity index (χ1v) is 12.9. The van der Waals surface area contributed by atoms with Crippen LogP contribution in [-0.2, 0) is 22.7 Å². The predicted molar refractivity (Wildman–Crippen MR) is 135 cm³/mol. The van der Waals surface area contributed by atoms with Gasteiger partial charge in [0.25, 0.3) is 0 Å². The zero-order valence-corrected chi connectivity index (χ0v) is 20.5. The number of pyridine rings is 1. The highest BCUT2D eigenvalue weighted by Gasteiger charge is 2.27. The summed E-state index contributed by atoms with van der Waals surface area (Å²) in [5.41, 5.74) is 3.06. The first-order valence-electron chi connectivity index (χ1n) is 12.9. The van der Waals surface area contributed by atoms with Crippen LogP contribution in [0.2, 0.25) is 0 Å². The largest absolute Gasteiger partial charge is 0.338 e. The number of rotatable bonds is 3. The number of carbonyl (C=O) groups excluding carboxylic acids is 2. The van der Waals surface area contributed by atoms with E-state index in [4.69, 9.17) is 0 Å². The van der Waals surface area contributed by atoms with E-state index in [0.29, 0.717) is 13.1 Å². The van der Waals surface area contributed by atoms with Gasteiger partial charge in [-0.25, -0.2) is 0 Å². The molecule has 0 saturated heterocycles. The van der Waals surface area contributed by atoms with Gasteiger partial charge in [-0.1, -0.05) is 43.5 Å². The Morgan fingerprint density at radius 2 is 1.62 bits per heavy atom. The topological polar surface area (TPSA) is 56.8 Å². The molecule has 0 spiro atoms. The van der Waals surface area contributed by atoms with Crippen molar-refractivity contribution >= 4 is 17.5 Å². The lowest BCUT2D eigenvalue weighted by Gasteiger charge is -2.33. The second kappa shape index (κ2) is 12.1. The molecule has 2 heterocycles. The summed E-state index contributed by atoms with van der Waals surface area (Å²) in [6.07, 6.45) is 9.21. The third kappa shape index (κ3) is 6.44. The molecule has 0 bridgehead atoms. The zero-order chi connectivity index (χ0) is 23.8. The van der Waals surface area contributed by atoms with Crippen LogP contribution in [0.1, 0.15) is 63.1 Å². The first kappa shape index (κ1) is 24.4. The molecule has 1 saturated carbocycles. The smallest absolute Gasteiger partial charge is 0.225 e. The van der Waals surface area contributed by atoms with Crippen molar-refractivity contribution in [2.75, 3.05) is 31.1 Å². The highest BCUT2D eigenvalue weighted by Crippen LogP contribution is 2.28. The Kier molecular flexibility index (Phi) is 8.69. The predicted octanol–water partition coefficient (Wildman–Crippen LogP) is 4.64. The van der Waals surface area contributed by atoms with E-state index in [1.54, 1.807) is 6.92 Å². The standard InChI is InChI=1S/C28H38N4O2/c1-23(33)32-20-10-18-30(22-26-14-7-8-16-29-26)17-9-19-31(21-25-13-5-6-15-27(25)32)28(34)24-11-3-2-4-12-24/h5-8,13-16,24H,2-4,9-12,17-22H2,1H3. The van der Waals surface area contributed by atoms with E-state index in [1.165, 1.54) is 6.42 Å². The molecule has 0 unspecified atom stereocenters. The van der Waals surface area contributed by atoms with E-state index in [-0.39, 0.29) is 17.7 Å². The van der Waals surface area contributed by atoms with Crippen LogP contribution in [0.15, 0.2) is 48.7 Å². The van der Waals surface area contributed by atoms with Gasteiger partial charge in [0.15, 0.2) is 0 Å². The van der Waals surface area contributed by atoms with Crippen LogP contribution < -0.4 is 4.90 Å². The molecule has 0 N–H and O–H groups in total. The lowest BCUT2D eigenvalue weighted by molar-refractivity contribution is -0.137. The summed E-state index contributed by atoms with van der Waals surface area (Å²) in [5.74, 6) is 0.477. The quantitative estimate of drug-likeness (QED) is 0.667. The van der Waals surface area contributed by atoms with E-state index in [2.05, 4.69) is 26.9 Å². The molecule has 2 aliphatic rings. The van der Waals surface area contributed by atoms with E-state index >= 15 is 0 Å². The van der Waals surface area contributed by atoms with Crippen molar-refractivity contribution < 1.29 is 9.59 Å². The average molecular weight is 463 g/mol. The second-order valence-corrected chi connectivity index (χ2v) is 9.70. The maximum Gasteiger partial charge on any atom is 0.225 e. The third-order valence-corrected chi connectivity index (χ3v) is 7.16. The minimum atomic E-state index is 0.0472. The fraction of sp³-hybridized carbons (Fsp3) is 0.536. The normalized spacial score (nSPS) is 19.1. The van der Waals surface area contributed by atoms with Crippen molar-refractivity contribution in [2.45, 2.75) is 65.0 Å². The van der Waals surface area contributed by atoms with E-state index in [1.807, 2.05) is 41.4 Å². The van der Waals surface area contributed by atoms with Gasteiger partial charge >= 0.3 is 0 Å². The SMILES string of the molecule is CC(=O)N1CCCN(Cc2ccccn2)CCCN(C(=O)C2CCCCC2)Cc2ccccc21. The van der Waals surface area contributed by atoms with Gasteiger partial charge < -0.3 is 9.80 Å². The van der Waals surface area contributed by atoms with Gasteiger partial charge in [0.1, 0.15) is 0 Å². The average Bonchev–Trinajstić information content (AvgIpc) is 2.86. The van der Waals surface area contributed by atoms with Crippen molar-refractivity contribution in [1.82, 2.24) is 14.8 Å². The number of hydrogen-bond donors (Lipinski definition) is 0. The minimum Gasteiger partial charge on any atom is -0.338 e. The molecule has 6 nitrogen and oxygen atoms in total. The van der Waals surface area contributed by atoms with Gasteiger partial charge in [0, 0.05) is 64.0 Å². The van der Waals surface area contributed by atoms with Gasteiger partial charge in [-0.3, -0.25) is 19.5 Å². The van der Waals surface area contributed by atoms with Crippen molar-refractivity contribution in [3.8, 4) is 0 Å². The Bertz CT molecular complexity index is 942. The number of amides is 2. The molecule has 2 aromatic rings. The highest BCUT2D eigenvalue weighted by atomic mass is 16.2. The minimum absolute atomic E-state index is 0.0472. The molecule has 34 heavy (non-hydrogen) atoms. The van der Waals surface area contributed by atoms with Crippen LogP contribution in [0.25, 0.3) is 0 Å². The van der Waals surface area contributed by atoms with Gasteiger partial charge in [-0.15, -0.1) is 0 Å². The molecule has 1 aromatic carbocycles. The van der Waals surface area contributed by atoms with Gasteiger partial charge in [-0.2, -0.15) is 0 Å². The van der Waals surface area contributed by atoms with E-state index < -0.39 is 0 Å². The molecule has 182 valence electrons. The third-order valence-electron chi connectivity index (χ3n) is 7.16. The fourth-order valence-electron chi connectivity index (χ4n) is 5.36. The van der Waals surface area contributed by atoms with E-state index in [9.17, 15) is 9.59 Å². The Morgan fingerprint density at radius 1 is 0.882 bits per heavy atom. The van der Waals surface area contributed by atoms with Crippen LogP contribution in [0, 0.1) is 5.92 Å². The molecular formula is C28H38N4O2. The van der Waals surface area contributed by atoms with Crippen LogP contribution in [-0.4, -0.2) is 52.8 Å². The zero-order valence-electron chi connectivity index (χ0n) is 20.5. The number of para-hydroxylation sites is 1. The van der Waals surface area contributed by atoms with Crippen LogP contribution in [0.5, 0.6) is 0 Å². The maximum atomic E-state index is 13.6. The Morgan fingerprint density at radius 3 is 2.35 bits per heavy atom. The van der Waals surface area contributed by atoms with Gasteiger partial charge in [-0.05, 0) is 49.4 Å². The van der Waals surface area contributed by atoms with Crippen molar-refractivity contribution in [1.29, 1.82) is 0 Å². The fourth-order valence-corrected chi connectivity index (χ4v) is 5.36. The monoisotopic (exact) mass is 462 g/mol. The summed E-state index contributed by atoms with van der Waals surface area (Å²) in [7, 11) is 0. The number of hydrogen-bond acceptors (Lipinski definition) is 4. The summed E-state index contributed by atoms with van der Waals surface area (Å²) >= 11 is 0. The number of nitrogens with zero attached hydrogens (tertiary/aromatic N) is 4. The van der Waals surface area contributed by atoms with Crippen molar-refractivity contribution in [3.63, 3.8) is 0 Å². The number of aromatic nitrogens is 1. The molecule has 2 amide bonds. The maximum absolute atomic E-state index is 13.6. The summed E-state index contributed by atoms with van der Waals surface area (Å²) in [5, 5.41) is 0. The molecule has 1 aliphatic heterocycles. The Balaban J connectivity index is 1.58. The van der Waals surface area contributed by atoms with Crippen molar-refractivity contribution in [3.05, 3.63) is 59.9 Å². The molecular weight excluding hydrogens is 424 g/mol. The summed E-state index contributed by atoms with van der Waals surface area (Å²) in [6, 6.07) is 14.1. The highest BCUT2D eigenvalue weighted by molar-refractivity contribution is 5.92. The summed E-state index contributed by atoms with van der Waals surface area (Å²) in [4.78, 5) is 37.1. The number of benzene rings is 1. The molecule has 0 atom stereocenters. The van der Waals surface area contributed by atoms with Crippen LogP contribution >= 0.6 is 0 Å². The molecule has 1 fully saturated rings. The molecule has 0 radical (unpaired) electrons. The molecule has 6 heteroatoms. The van der Waals surface area contributed by atoms with Crippen LogP contribution in [0.4, 0.5) is 5.69 Å². The summed E-state index contributed by atoms with van der Waals surface area (Å²) < 4.78 is 0. The Labute approximate surface area is 204 Å². The van der Waals surface area contributed by atoms with Crippen molar-refractivity contribution in [2.24, 2.45) is 5.92 Å². The molecule has 1 aromatic heterocycles. The number of anilines is 1. The van der Waals surface area contributed by atoms with E-state index in [0.717, 1.165) is 81.6 Å². The molecule has 1 aliphatic carbocycles.